The highest BCUT2D eigenvalue weighted by Crippen LogP contribution is 2.77. The van der Waals surface area contributed by atoms with Gasteiger partial charge in [0.2, 0.25) is 0 Å². The molecule has 0 N–H and O–H groups in total. The van der Waals surface area contributed by atoms with Crippen LogP contribution in [0.2, 0.25) is 0 Å². The van der Waals surface area contributed by atoms with E-state index in [4.69, 9.17) is 9.84 Å². The lowest BCUT2D eigenvalue weighted by Gasteiger charge is -2.73. The van der Waals surface area contributed by atoms with Crippen LogP contribution in [0.3, 0.4) is 0 Å². The van der Waals surface area contributed by atoms with E-state index < -0.39 is 0 Å². The number of allylic oxidation sites excluding steroid dienone is 4. The fourth-order valence-electron chi connectivity index (χ4n) is 14.3. The van der Waals surface area contributed by atoms with E-state index in [0.717, 1.165) is 50.3 Å². The highest BCUT2D eigenvalue weighted by atomic mass is 16.5. The van der Waals surface area contributed by atoms with Gasteiger partial charge in [-0.1, -0.05) is 92.7 Å². The Labute approximate surface area is 320 Å². The lowest BCUT2D eigenvalue weighted by Crippen LogP contribution is -2.67. The summed E-state index contributed by atoms with van der Waals surface area (Å²) in [7, 11) is 0. The fourth-order valence-corrected chi connectivity index (χ4v) is 14.3. The van der Waals surface area contributed by atoms with Crippen molar-refractivity contribution in [3.63, 3.8) is 0 Å². The highest BCUT2D eigenvalue weighted by molar-refractivity contribution is 5.27. The van der Waals surface area contributed by atoms with Crippen molar-refractivity contribution in [3.05, 3.63) is 55.1 Å². The van der Waals surface area contributed by atoms with Gasteiger partial charge in [-0.2, -0.15) is 0 Å². The van der Waals surface area contributed by atoms with Crippen LogP contribution in [0.25, 0.3) is 0 Å². The summed E-state index contributed by atoms with van der Waals surface area (Å²) in [5, 5.41) is 13.7. The maximum Gasteiger partial charge on any atom is 0.157 e. The fraction of sp³-hybridized carbons (Fsp3) is 0.809. The van der Waals surface area contributed by atoms with Crippen LogP contribution < -0.4 is 0 Å². The Morgan fingerprint density at radius 3 is 2.17 bits per heavy atom. The second-order valence-corrected chi connectivity index (χ2v) is 20.7. The van der Waals surface area contributed by atoms with Gasteiger partial charge >= 0.3 is 0 Å². The molecule has 5 aliphatic rings. The average Bonchev–Trinajstić information content (AvgIpc) is 3.68. The molecule has 0 aliphatic heterocycles. The number of hydrogen-bond donors (Lipinski definition) is 0. The minimum atomic E-state index is 0.0789. The Hall–Kier alpha value is -2.17. The molecule has 1 aromatic rings. The highest BCUT2D eigenvalue weighted by Gasteiger charge is 2.71. The molecule has 5 nitrogen and oxygen atoms in total. The zero-order valence-electron chi connectivity index (χ0n) is 35.7. The first-order chi connectivity index (χ1) is 24.3. The van der Waals surface area contributed by atoms with E-state index in [-0.39, 0.29) is 22.3 Å². The molecule has 5 saturated carbocycles. The standard InChI is InChI=1S/C43H70N4O.C4H8/c1-14-25-47-37(44-45-46-47)43-22-17-31(29(4)5)36(43)32-15-16-34-40(11)20-19-35(48-30(6)27-38(7,8)26-28(2)3)39(9,10)33(40)18-21-42(34,13)41(32,12)23-24-43;1-3-4-2/h31-36H,2,4,6,14-27H2,1,3,5,7-13H3;3H,1,4H2,2H3/t31-,32?,33?,34?,35?,36?,40?,41+,42?,43?;/m0./s1. The number of tetrazole rings is 1. The molecule has 0 aromatic carbocycles. The van der Waals surface area contributed by atoms with Gasteiger partial charge in [-0.3, -0.25) is 0 Å². The van der Waals surface area contributed by atoms with Crippen molar-refractivity contribution in [2.45, 2.75) is 184 Å². The summed E-state index contributed by atoms with van der Waals surface area (Å²) in [5.41, 5.74) is 3.89. The molecule has 8 unspecified atom stereocenters. The van der Waals surface area contributed by atoms with E-state index in [9.17, 15) is 0 Å². The van der Waals surface area contributed by atoms with Crippen molar-refractivity contribution in [1.82, 2.24) is 20.2 Å². The predicted molar refractivity (Wildman–Crippen MR) is 219 cm³/mol. The number of hydrogen-bond acceptors (Lipinski definition) is 4. The number of nitrogens with zero attached hydrogens (tertiary/aromatic N) is 4. The molecular formula is C47H78N4O. The summed E-state index contributed by atoms with van der Waals surface area (Å²) in [4.78, 5) is 0. The van der Waals surface area contributed by atoms with Crippen molar-refractivity contribution in [2.24, 2.45) is 56.7 Å². The molecule has 0 spiro atoms. The number of rotatable bonds is 11. The molecule has 0 bridgehead atoms. The van der Waals surface area contributed by atoms with Crippen molar-refractivity contribution < 1.29 is 4.74 Å². The van der Waals surface area contributed by atoms with Gasteiger partial charge in [-0.15, -0.1) is 18.3 Å². The van der Waals surface area contributed by atoms with Gasteiger partial charge in [0.05, 0.1) is 5.76 Å². The minimum Gasteiger partial charge on any atom is -0.495 e. The van der Waals surface area contributed by atoms with Crippen LogP contribution in [0.5, 0.6) is 0 Å². The molecular weight excluding hydrogens is 637 g/mol. The first kappa shape index (κ1) is 41.0. The Balaban J connectivity index is 0.00000124. The topological polar surface area (TPSA) is 52.8 Å². The van der Waals surface area contributed by atoms with E-state index in [0.29, 0.717) is 39.9 Å². The third-order valence-electron chi connectivity index (χ3n) is 16.5. The van der Waals surface area contributed by atoms with Gasteiger partial charge in [0.15, 0.2) is 5.82 Å². The zero-order valence-corrected chi connectivity index (χ0v) is 35.7. The molecule has 1 aromatic heterocycles. The molecule has 292 valence electrons. The lowest BCUT2D eigenvalue weighted by molar-refractivity contribution is -0.244. The molecule has 52 heavy (non-hydrogen) atoms. The Morgan fingerprint density at radius 2 is 1.56 bits per heavy atom. The van der Waals surface area contributed by atoms with Crippen molar-refractivity contribution >= 4 is 0 Å². The van der Waals surface area contributed by atoms with Crippen LogP contribution in [-0.4, -0.2) is 26.3 Å². The maximum absolute atomic E-state index is 6.89. The Kier molecular flexibility index (Phi) is 11.7. The molecule has 0 saturated heterocycles. The third-order valence-corrected chi connectivity index (χ3v) is 16.5. The Bertz CT molecular complexity index is 1490. The van der Waals surface area contributed by atoms with Gasteiger partial charge in [-0.25, -0.2) is 4.68 Å². The van der Waals surface area contributed by atoms with E-state index in [2.05, 4.69) is 118 Å². The van der Waals surface area contributed by atoms with Gasteiger partial charge in [0, 0.05) is 23.8 Å². The molecule has 1 heterocycles. The predicted octanol–water partition coefficient (Wildman–Crippen LogP) is 12.9. The lowest BCUT2D eigenvalue weighted by atomic mass is 9.32. The third kappa shape index (κ3) is 6.73. The average molecular weight is 715 g/mol. The largest absolute Gasteiger partial charge is 0.495 e. The summed E-state index contributed by atoms with van der Waals surface area (Å²) in [6.07, 6.45) is 18.8. The van der Waals surface area contributed by atoms with Crippen LogP contribution in [0.15, 0.2) is 49.3 Å². The zero-order chi connectivity index (χ0) is 38.5. The van der Waals surface area contributed by atoms with E-state index >= 15 is 0 Å². The second-order valence-electron chi connectivity index (χ2n) is 20.7. The van der Waals surface area contributed by atoms with Crippen molar-refractivity contribution in [2.75, 3.05) is 0 Å². The first-order valence-corrected chi connectivity index (χ1v) is 21.3. The molecule has 5 heteroatoms. The van der Waals surface area contributed by atoms with Crippen LogP contribution in [-0.2, 0) is 16.7 Å². The van der Waals surface area contributed by atoms with Crippen molar-refractivity contribution in [3.8, 4) is 0 Å². The van der Waals surface area contributed by atoms with E-state index in [1.54, 1.807) is 0 Å². The summed E-state index contributed by atoms with van der Waals surface area (Å²) in [6.45, 7) is 44.3. The number of ether oxygens (including phenoxy) is 1. The minimum absolute atomic E-state index is 0.0789. The molecule has 0 amide bonds. The maximum atomic E-state index is 6.89. The Morgan fingerprint density at radius 1 is 0.865 bits per heavy atom. The van der Waals surface area contributed by atoms with E-state index in [1.807, 2.05) is 6.08 Å². The van der Waals surface area contributed by atoms with E-state index in [1.165, 1.54) is 74.8 Å². The number of fused-ring (bicyclic) bond motifs is 7. The molecule has 0 radical (unpaired) electrons. The van der Waals surface area contributed by atoms with Crippen LogP contribution in [0.1, 0.15) is 172 Å². The van der Waals surface area contributed by atoms with Crippen LogP contribution in [0.4, 0.5) is 0 Å². The monoisotopic (exact) mass is 715 g/mol. The van der Waals surface area contributed by atoms with Crippen LogP contribution >= 0.6 is 0 Å². The second kappa shape index (κ2) is 14.8. The van der Waals surface area contributed by atoms with Gasteiger partial charge in [-0.05, 0) is 159 Å². The number of aryl methyl sites for hydroxylation is 1. The van der Waals surface area contributed by atoms with Gasteiger partial charge in [0.25, 0.3) is 0 Å². The molecule has 6 rings (SSSR count). The first-order valence-electron chi connectivity index (χ1n) is 21.3. The normalized spacial score (nSPS) is 39.1. The summed E-state index contributed by atoms with van der Waals surface area (Å²) in [5.74, 6) is 5.39. The molecule has 10 atom stereocenters. The quantitative estimate of drug-likeness (QED) is 0.169. The smallest absolute Gasteiger partial charge is 0.157 e. The summed E-state index contributed by atoms with van der Waals surface area (Å²) >= 11 is 0. The SMILES string of the molecule is C=C(C)CC(C)(C)CC(=C)OC1CCC2(C)C(CCC3(C)C2CCC2C4[C@H](C(=C)C)CCC4(c4nnnn4CCC)CC[C@]23C)C1(C)C.C=CCC. The number of aromatic nitrogens is 4. The van der Waals surface area contributed by atoms with Gasteiger partial charge < -0.3 is 4.74 Å². The summed E-state index contributed by atoms with van der Waals surface area (Å²) in [6, 6.07) is 0. The molecule has 5 fully saturated rings. The van der Waals surface area contributed by atoms with Crippen molar-refractivity contribution in [1.29, 1.82) is 0 Å². The van der Waals surface area contributed by atoms with Crippen LogP contribution in [0, 0.1) is 56.7 Å². The molecule has 5 aliphatic carbocycles. The van der Waals surface area contributed by atoms with Gasteiger partial charge in [0.1, 0.15) is 6.10 Å². The summed E-state index contributed by atoms with van der Waals surface area (Å²) < 4.78 is 9.06.